The Kier molecular flexibility index (Phi) is 3.14. The number of thiol groups is 1. The van der Waals surface area contributed by atoms with E-state index < -0.39 is 0 Å². The maximum Gasteiger partial charge on any atom is 0.208 e. The molecule has 1 aliphatic heterocycles. The normalized spacial score (nSPS) is 19.3. The van der Waals surface area contributed by atoms with E-state index in [4.69, 9.17) is 23.2 Å². The van der Waals surface area contributed by atoms with Crippen molar-refractivity contribution >= 4 is 46.6 Å². The fraction of sp³-hybridized carbons (Fsp3) is 0.300. The van der Waals surface area contributed by atoms with Crippen molar-refractivity contribution < 1.29 is 4.79 Å². The van der Waals surface area contributed by atoms with Gasteiger partial charge in [-0.05, 0) is 30.5 Å². The molecule has 0 spiro atoms. The summed E-state index contributed by atoms with van der Waals surface area (Å²) in [4.78, 5) is 11.1. The number of carbonyl (C=O) groups excluding carboxylic acids is 1. The Morgan fingerprint density at radius 2 is 2.20 bits per heavy atom. The van der Waals surface area contributed by atoms with E-state index in [1.165, 1.54) is 0 Å². The molecule has 0 amide bonds. The summed E-state index contributed by atoms with van der Waals surface area (Å²) in [6.07, 6.45) is 1.52. The van der Waals surface area contributed by atoms with Crippen LogP contribution in [0, 0.1) is 0 Å². The van der Waals surface area contributed by atoms with Crippen LogP contribution in [-0.4, -0.2) is 11.2 Å². The molecular formula is C10H9Cl2NOS. The molecule has 1 atom stereocenters. The highest BCUT2D eigenvalue weighted by Gasteiger charge is 2.23. The minimum atomic E-state index is -0.250. The van der Waals surface area contributed by atoms with Crippen molar-refractivity contribution in [2.75, 3.05) is 5.32 Å². The molecule has 1 heterocycles. The molecule has 2 nitrogen and oxygen atoms in total. The Balaban J connectivity index is 2.37. The molecule has 0 radical (unpaired) electrons. The summed E-state index contributed by atoms with van der Waals surface area (Å²) in [6.45, 7) is 0. The highest BCUT2D eigenvalue weighted by atomic mass is 35.5. The zero-order chi connectivity index (χ0) is 11.0. The highest BCUT2D eigenvalue weighted by Crippen LogP contribution is 2.35. The molecule has 1 unspecified atom stereocenters. The van der Waals surface area contributed by atoms with Gasteiger partial charge in [0.2, 0.25) is 5.12 Å². The quantitative estimate of drug-likeness (QED) is 0.761. The van der Waals surface area contributed by atoms with Crippen molar-refractivity contribution in [3.8, 4) is 0 Å². The van der Waals surface area contributed by atoms with Gasteiger partial charge < -0.3 is 5.32 Å². The molecule has 5 heteroatoms. The maximum absolute atomic E-state index is 11.1. The Morgan fingerprint density at radius 3 is 2.87 bits per heavy atom. The van der Waals surface area contributed by atoms with E-state index in [0.29, 0.717) is 10.0 Å². The second-order valence-electron chi connectivity index (χ2n) is 3.50. The standard InChI is InChI=1S/C10H9Cl2NOS/c11-6-3-5-1-2-8(10(14)15)13-9(5)7(12)4-6/h3-4,8,13H,1-2H2,(H,14,15). The lowest BCUT2D eigenvalue weighted by molar-refractivity contribution is -0.111. The van der Waals surface area contributed by atoms with Crippen LogP contribution in [0.5, 0.6) is 0 Å². The minimum absolute atomic E-state index is 0.160. The lowest BCUT2D eigenvalue weighted by atomic mass is 9.99. The smallest absolute Gasteiger partial charge is 0.208 e. The fourth-order valence-electron chi connectivity index (χ4n) is 1.72. The van der Waals surface area contributed by atoms with Gasteiger partial charge in [0.15, 0.2) is 0 Å². The number of carbonyl (C=O) groups is 1. The van der Waals surface area contributed by atoms with Gasteiger partial charge in [-0.15, -0.1) is 12.6 Å². The fourth-order valence-corrected chi connectivity index (χ4v) is 2.50. The molecule has 1 aromatic carbocycles. The van der Waals surface area contributed by atoms with Gasteiger partial charge in [0.1, 0.15) is 0 Å². The molecule has 80 valence electrons. The number of aryl methyl sites for hydroxylation is 1. The summed E-state index contributed by atoms with van der Waals surface area (Å²) in [5.74, 6) is 0. The molecule has 1 aliphatic rings. The van der Waals surface area contributed by atoms with E-state index in [0.717, 1.165) is 24.1 Å². The summed E-state index contributed by atoms with van der Waals surface area (Å²) < 4.78 is 0. The van der Waals surface area contributed by atoms with E-state index in [-0.39, 0.29) is 11.2 Å². The van der Waals surface area contributed by atoms with Crippen molar-refractivity contribution in [1.29, 1.82) is 0 Å². The van der Waals surface area contributed by atoms with Crippen LogP contribution >= 0.6 is 35.8 Å². The Hall–Kier alpha value is -0.380. The lowest BCUT2D eigenvalue weighted by Crippen LogP contribution is -2.30. The van der Waals surface area contributed by atoms with Gasteiger partial charge in [0.05, 0.1) is 16.8 Å². The second kappa shape index (κ2) is 4.24. The van der Waals surface area contributed by atoms with Crippen LogP contribution in [0.25, 0.3) is 0 Å². The minimum Gasteiger partial charge on any atom is -0.373 e. The van der Waals surface area contributed by atoms with Crippen molar-refractivity contribution in [1.82, 2.24) is 0 Å². The number of hydrogen-bond donors (Lipinski definition) is 2. The second-order valence-corrected chi connectivity index (χ2v) is 4.78. The molecular weight excluding hydrogens is 253 g/mol. The summed E-state index contributed by atoms with van der Waals surface area (Å²) in [5, 5.41) is 4.09. The molecule has 0 aromatic heterocycles. The van der Waals surface area contributed by atoms with E-state index >= 15 is 0 Å². The molecule has 2 rings (SSSR count). The number of anilines is 1. The largest absolute Gasteiger partial charge is 0.373 e. The van der Waals surface area contributed by atoms with Gasteiger partial charge >= 0.3 is 0 Å². The van der Waals surface area contributed by atoms with Gasteiger partial charge in [-0.2, -0.15) is 0 Å². The number of halogens is 2. The van der Waals surface area contributed by atoms with Crippen LogP contribution in [-0.2, 0) is 11.2 Å². The van der Waals surface area contributed by atoms with Crippen molar-refractivity contribution in [3.05, 3.63) is 27.7 Å². The van der Waals surface area contributed by atoms with Crippen molar-refractivity contribution in [2.24, 2.45) is 0 Å². The summed E-state index contributed by atoms with van der Waals surface area (Å²) in [5.41, 5.74) is 1.86. The Bertz CT molecular complexity index is 422. The first-order valence-electron chi connectivity index (χ1n) is 4.55. The first-order chi connectivity index (χ1) is 7.08. The first kappa shape index (κ1) is 11.1. The van der Waals surface area contributed by atoms with Crippen LogP contribution in [0.4, 0.5) is 5.69 Å². The third-order valence-electron chi connectivity index (χ3n) is 2.46. The van der Waals surface area contributed by atoms with Gasteiger partial charge in [-0.1, -0.05) is 23.2 Å². The van der Waals surface area contributed by atoms with Crippen molar-refractivity contribution in [3.63, 3.8) is 0 Å². The van der Waals surface area contributed by atoms with Crippen LogP contribution < -0.4 is 5.32 Å². The molecule has 0 bridgehead atoms. The molecule has 0 saturated carbocycles. The van der Waals surface area contributed by atoms with Gasteiger partial charge in [0, 0.05) is 5.02 Å². The monoisotopic (exact) mass is 261 g/mol. The van der Waals surface area contributed by atoms with Crippen LogP contribution in [0.3, 0.4) is 0 Å². The number of hydrogen-bond acceptors (Lipinski definition) is 2. The highest BCUT2D eigenvalue weighted by molar-refractivity contribution is 7.96. The SMILES string of the molecule is O=C(S)C1CCc2cc(Cl)cc(Cl)c2N1. The van der Waals surface area contributed by atoms with Gasteiger partial charge in [0.25, 0.3) is 0 Å². The average molecular weight is 262 g/mol. The Morgan fingerprint density at radius 1 is 1.47 bits per heavy atom. The number of benzene rings is 1. The summed E-state index contributed by atoms with van der Waals surface area (Å²) in [6, 6.07) is 3.29. The predicted molar refractivity (Wildman–Crippen MR) is 66.2 cm³/mol. The van der Waals surface area contributed by atoms with Gasteiger partial charge in [-0.25, -0.2) is 0 Å². The first-order valence-corrected chi connectivity index (χ1v) is 5.75. The van der Waals surface area contributed by atoms with E-state index in [1.54, 1.807) is 6.07 Å². The van der Waals surface area contributed by atoms with E-state index in [2.05, 4.69) is 17.9 Å². The molecule has 0 aliphatic carbocycles. The summed E-state index contributed by atoms with van der Waals surface area (Å²) >= 11 is 15.7. The molecule has 1 N–H and O–H groups in total. The molecule has 0 fully saturated rings. The van der Waals surface area contributed by atoms with Crippen LogP contribution in [0.1, 0.15) is 12.0 Å². The Labute approximate surface area is 103 Å². The van der Waals surface area contributed by atoms with Gasteiger partial charge in [-0.3, -0.25) is 4.79 Å². The third kappa shape index (κ3) is 2.25. The van der Waals surface area contributed by atoms with E-state index in [9.17, 15) is 4.79 Å². The van der Waals surface area contributed by atoms with Crippen molar-refractivity contribution in [2.45, 2.75) is 18.9 Å². The third-order valence-corrected chi connectivity index (χ3v) is 3.28. The number of rotatable bonds is 1. The zero-order valence-electron chi connectivity index (χ0n) is 7.76. The molecule has 0 saturated heterocycles. The maximum atomic E-state index is 11.1. The topological polar surface area (TPSA) is 29.1 Å². The zero-order valence-corrected chi connectivity index (χ0v) is 10.2. The van der Waals surface area contributed by atoms with Crippen LogP contribution in [0.2, 0.25) is 10.0 Å². The summed E-state index contributed by atoms with van der Waals surface area (Å²) in [7, 11) is 0. The predicted octanol–water partition coefficient (Wildman–Crippen LogP) is 3.18. The van der Waals surface area contributed by atoms with Crippen LogP contribution in [0.15, 0.2) is 12.1 Å². The molecule has 15 heavy (non-hydrogen) atoms. The lowest BCUT2D eigenvalue weighted by Gasteiger charge is -2.25. The molecule has 1 aromatic rings. The van der Waals surface area contributed by atoms with E-state index in [1.807, 2.05) is 6.07 Å². The number of nitrogens with one attached hydrogen (secondary N) is 1. The average Bonchev–Trinajstić information content (AvgIpc) is 2.16. The number of fused-ring (bicyclic) bond motifs is 1.